The van der Waals surface area contributed by atoms with E-state index < -0.39 is 16.1 Å². The molecule has 2 rings (SSSR count). The molecule has 0 bridgehead atoms. The first-order valence-electron chi connectivity index (χ1n) is 5.22. The number of anilines is 1. The van der Waals surface area contributed by atoms with Crippen molar-refractivity contribution in [2.75, 3.05) is 5.32 Å². The van der Waals surface area contributed by atoms with Crippen molar-refractivity contribution in [1.29, 1.82) is 0 Å². The maximum atomic E-state index is 11.8. The van der Waals surface area contributed by atoms with Crippen LogP contribution in [-0.2, 0) is 10.0 Å². The lowest BCUT2D eigenvalue weighted by Gasteiger charge is -2.07. The molecule has 0 aliphatic carbocycles. The number of hydrogen-bond acceptors (Lipinski definition) is 5. The van der Waals surface area contributed by atoms with Crippen molar-refractivity contribution in [2.24, 2.45) is 0 Å². The zero-order chi connectivity index (χ0) is 13.7. The molecule has 0 aliphatic rings. The van der Waals surface area contributed by atoms with Crippen LogP contribution in [0, 0.1) is 0 Å². The molecule has 98 valence electrons. The van der Waals surface area contributed by atoms with Crippen LogP contribution in [0.3, 0.4) is 0 Å². The molecular formula is C11H10N4O3S. The second kappa shape index (κ2) is 5.44. The van der Waals surface area contributed by atoms with Gasteiger partial charge >= 0.3 is 6.03 Å². The molecular weight excluding hydrogens is 268 g/mol. The summed E-state index contributed by atoms with van der Waals surface area (Å²) in [7, 11) is -3.92. The lowest BCUT2D eigenvalue weighted by molar-refractivity contribution is 0.256. The van der Waals surface area contributed by atoms with Gasteiger partial charge in [0.25, 0.3) is 10.0 Å². The fourth-order valence-corrected chi connectivity index (χ4v) is 2.15. The van der Waals surface area contributed by atoms with Gasteiger partial charge in [-0.25, -0.2) is 17.9 Å². The molecule has 0 radical (unpaired) electrons. The summed E-state index contributed by atoms with van der Waals surface area (Å²) in [5.74, 6) is 0. The maximum Gasteiger partial charge on any atom is 0.333 e. The summed E-state index contributed by atoms with van der Waals surface area (Å²) in [6.45, 7) is 0. The number of carbonyl (C=O) groups is 1. The Labute approximate surface area is 109 Å². The van der Waals surface area contributed by atoms with Crippen LogP contribution in [-0.4, -0.2) is 24.4 Å². The molecule has 0 saturated carbocycles. The minimum atomic E-state index is -3.92. The first-order chi connectivity index (χ1) is 9.08. The number of carbonyl (C=O) groups excluding carboxylic acids is 1. The summed E-state index contributed by atoms with van der Waals surface area (Å²) >= 11 is 0. The number of rotatable bonds is 3. The number of nitrogens with zero attached hydrogens (tertiary/aromatic N) is 2. The van der Waals surface area contributed by atoms with Crippen molar-refractivity contribution in [3.63, 3.8) is 0 Å². The second-order valence-electron chi connectivity index (χ2n) is 3.49. The quantitative estimate of drug-likeness (QED) is 0.871. The molecule has 7 nitrogen and oxygen atoms in total. The Balaban J connectivity index is 2.07. The van der Waals surface area contributed by atoms with Crippen molar-refractivity contribution in [1.82, 2.24) is 14.7 Å². The Kier molecular flexibility index (Phi) is 3.71. The van der Waals surface area contributed by atoms with E-state index in [1.165, 1.54) is 30.7 Å². The Morgan fingerprint density at radius 1 is 1.05 bits per heavy atom. The number of aromatic nitrogens is 2. The fourth-order valence-electron chi connectivity index (χ4n) is 1.28. The van der Waals surface area contributed by atoms with Crippen molar-refractivity contribution < 1.29 is 13.2 Å². The van der Waals surface area contributed by atoms with Gasteiger partial charge in [0, 0.05) is 18.6 Å². The molecule has 0 atom stereocenters. The molecule has 2 heterocycles. The summed E-state index contributed by atoms with van der Waals surface area (Å²) in [4.78, 5) is 18.9. The van der Waals surface area contributed by atoms with Gasteiger partial charge in [-0.05, 0) is 24.3 Å². The molecule has 0 unspecified atom stereocenters. The summed E-state index contributed by atoms with van der Waals surface area (Å²) in [6.07, 6.45) is 5.53. The lowest BCUT2D eigenvalue weighted by atomic mass is 10.4. The predicted octanol–water partition coefficient (Wildman–Crippen LogP) is 0.987. The monoisotopic (exact) mass is 278 g/mol. The molecule has 0 fully saturated rings. The number of pyridine rings is 2. The van der Waals surface area contributed by atoms with Gasteiger partial charge in [0.1, 0.15) is 4.90 Å². The molecule has 0 aromatic carbocycles. The van der Waals surface area contributed by atoms with Crippen LogP contribution >= 0.6 is 0 Å². The molecule has 2 N–H and O–H groups in total. The van der Waals surface area contributed by atoms with Crippen molar-refractivity contribution in [2.45, 2.75) is 4.90 Å². The molecule has 2 aromatic heterocycles. The van der Waals surface area contributed by atoms with Crippen molar-refractivity contribution in [3.05, 3.63) is 49.1 Å². The zero-order valence-corrected chi connectivity index (χ0v) is 10.5. The second-order valence-corrected chi connectivity index (χ2v) is 5.17. The van der Waals surface area contributed by atoms with E-state index in [-0.39, 0.29) is 4.90 Å². The fraction of sp³-hybridized carbons (Fsp3) is 0. The van der Waals surface area contributed by atoms with Gasteiger partial charge in [-0.2, -0.15) is 0 Å². The van der Waals surface area contributed by atoms with Crippen LogP contribution in [0.2, 0.25) is 0 Å². The Morgan fingerprint density at radius 2 is 1.74 bits per heavy atom. The van der Waals surface area contributed by atoms with Gasteiger partial charge in [0.2, 0.25) is 0 Å². The van der Waals surface area contributed by atoms with E-state index in [4.69, 9.17) is 0 Å². The van der Waals surface area contributed by atoms with Crippen molar-refractivity contribution in [3.8, 4) is 0 Å². The van der Waals surface area contributed by atoms with Gasteiger partial charge in [-0.3, -0.25) is 9.97 Å². The van der Waals surface area contributed by atoms with Crippen LogP contribution in [0.4, 0.5) is 10.5 Å². The van der Waals surface area contributed by atoms with Gasteiger partial charge in [0.05, 0.1) is 11.9 Å². The lowest BCUT2D eigenvalue weighted by Crippen LogP contribution is -2.34. The van der Waals surface area contributed by atoms with E-state index in [0.717, 1.165) is 6.20 Å². The number of urea groups is 1. The third kappa shape index (κ3) is 3.49. The van der Waals surface area contributed by atoms with Gasteiger partial charge in [-0.1, -0.05) is 0 Å². The summed E-state index contributed by atoms with van der Waals surface area (Å²) in [5.41, 5.74) is 0.390. The van der Waals surface area contributed by atoms with Crippen LogP contribution in [0.5, 0.6) is 0 Å². The molecule has 2 amide bonds. The highest BCUT2D eigenvalue weighted by molar-refractivity contribution is 7.90. The van der Waals surface area contributed by atoms with Gasteiger partial charge in [0.15, 0.2) is 0 Å². The number of nitrogens with one attached hydrogen (secondary N) is 2. The highest BCUT2D eigenvalue weighted by atomic mass is 32.2. The van der Waals surface area contributed by atoms with E-state index in [1.54, 1.807) is 12.1 Å². The Bertz CT molecular complexity index is 659. The van der Waals surface area contributed by atoms with E-state index in [2.05, 4.69) is 15.3 Å². The molecule has 19 heavy (non-hydrogen) atoms. The smallest absolute Gasteiger partial charge is 0.306 e. The van der Waals surface area contributed by atoms with E-state index in [1.807, 2.05) is 4.72 Å². The minimum absolute atomic E-state index is 0.0867. The predicted molar refractivity (Wildman–Crippen MR) is 67.8 cm³/mol. The highest BCUT2D eigenvalue weighted by Crippen LogP contribution is 2.06. The van der Waals surface area contributed by atoms with Crippen LogP contribution in [0.15, 0.2) is 53.9 Å². The average molecular weight is 278 g/mol. The van der Waals surface area contributed by atoms with E-state index in [0.29, 0.717) is 5.69 Å². The standard InChI is InChI=1S/C11H10N4O3S/c16-11(14-9-3-1-5-12-7-9)15-19(17,18)10-4-2-6-13-8-10/h1-8H,(H2,14,15,16). The molecule has 8 heteroatoms. The SMILES string of the molecule is O=C(Nc1cccnc1)NS(=O)(=O)c1cccnc1. The largest absolute Gasteiger partial charge is 0.333 e. The zero-order valence-electron chi connectivity index (χ0n) is 9.65. The van der Waals surface area contributed by atoms with Crippen molar-refractivity contribution >= 4 is 21.7 Å². The molecule has 0 spiro atoms. The third-order valence-electron chi connectivity index (χ3n) is 2.09. The number of amides is 2. The Morgan fingerprint density at radius 3 is 2.32 bits per heavy atom. The summed E-state index contributed by atoms with van der Waals surface area (Å²) in [5, 5.41) is 2.36. The topological polar surface area (TPSA) is 101 Å². The third-order valence-corrected chi connectivity index (χ3v) is 3.41. The first kappa shape index (κ1) is 13.0. The van der Waals surface area contributed by atoms with Gasteiger partial charge < -0.3 is 5.32 Å². The molecule has 0 saturated heterocycles. The normalized spacial score (nSPS) is 10.7. The molecule has 0 aliphatic heterocycles. The summed E-state index contributed by atoms with van der Waals surface area (Å²) < 4.78 is 25.5. The van der Waals surface area contributed by atoms with Crippen LogP contribution in [0.25, 0.3) is 0 Å². The Hall–Kier alpha value is -2.48. The summed E-state index contributed by atoms with van der Waals surface area (Å²) in [6, 6.07) is 5.14. The van der Waals surface area contributed by atoms with Crippen LogP contribution < -0.4 is 10.0 Å². The number of sulfonamides is 1. The van der Waals surface area contributed by atoms with Crippen LogP contribution in [0.1, 0.15) is 0 Å². The van der Waals surface area contributed by atoms with E-state index in [9.17, 15) is 13.2 Å². The van der Waals surface area contributed by atoms with Gasteiger partial charge in [-0.15, -0.1) is 0 Å². The van der Waals surface area contributed by atoms with E-state index >= 15 is 0 Å². The highest BCUT2D eigenvalue weighted by Gasteiger charge is 2.17. The minimum Gasteiger partial charge on any atom is -0.306 e. The molecule has 2 aromatic rings. The number of hydrogen-bond donors (Lipinski definition) is 2. The maximum absolute atomic E-state index is 11.8. The first-order valence-corrected chi connectivity index (χ1v) is 6.70. The average Bonchev–Trinajstić information content (AvgIpc) is 2.40.